The zero-order valence-corrected chi connectivity index (χ0v) is 62.3. The van der Waals surface area contributed by atoms with Gasteiger partial charge in [-0.15, -0.1) is 0 Å². The van der Waals surface area contributed by atoms with E-state index in [1.807, 2.05) is 0 Å². The Morgan fingerprint density at radius 2 is 0.548 bits per heavy atom. The molecular weight excluding hydrogens is 1220 g/mol. The van der Waals surface area contributed by atoms with Crippen molar-refractivity contribution in [3.05, 3.63) is 0 Å². The largest absolute Gasteiger partial charge is 0.472 e. The lowest BCUT2D eigenvalue weighted by atomic mass is 9.99. The molecule has 0 aliphatic rings. The highest BCUT2D eigenvalue weighted by Gasteiger charge is 2.30. The lowest BCUT2D eigenvalue weighted by molar-refractivity contribution is -0.161. The second-order valence-corrected chi connectivity index (χ2v) is 30.3. The number of aliphatic hydroxyl groups excluding tert-OH is 1. The van der Waals surface area contributed by atoms with Crippen molar-refractivity contribution in [2.45, 2.75) is 400 Å². The minimum absolute atomic E-state index is 0.105. The summed E-state index contributed by atoms with van der Waals surface area (Å²) in [6.07, 6.45) is 52.7. The van der Waals surface area contributed by atoms with Gasteiger partial charge in [0.15, 0.2) is 12.2 Å². The number of aliphatic hydroxyl groups is 1. The first-order valence-electron chi connectivity index (χ1n) is 38.5. The minimum atomic E-state index is -4.95. The molecule has 0 bridgehead atoms. The summed E-state index contributed by atoms with van der Waals surface area (Å²) in [5.74, 6) is -0.542. The molecule has 0 fully saturated rings. The molecule has 0 rings (SSSR count). The van der Waals surface area contributed by atoms with E-state index in [-0.39, 0.29) is 25.7 Å². The molecule has 3 unspecified atom stereocenters. The van der Waals surface area contributed by atoms with Gasteiger partial charge >= 0.3 is 39.5 Å². The van der Waals surface area contributed by atoms with Crippen molar-refractivity contribution in [1.82, 2.24) is 0 Å². The van der Waals surface area contributed by atoms with Crippen LogP contribution in [0.25, 0.3) is 0 Å². The molecule has 0 aromatic heterocycles. The summed E-state index contributed by atoms with van der Waals surface area (Å²) in [7, 11) is -9.90. The lowest BCUT2D eigenvalue weighted by Crippen LogP contribution is -2.30. The van der Waals surface area contributed by atoms with Gasteiger partial charge in [0.1, 0.15) is 19.3 Å². The van der Waals surface area contributed by atoms with E-state index in [2.05, 4.69) is 41.5 Å². The molecule has 552 valence electrons. The summed E-state index contributed by atoms with van der Waals surface area (Å²) >= 11 is 0. The van der Waals surface area contributed by atoms with Gasteiger partial charge in [-0.1, -0.05) is 330 Å². The fraction of sp³-hybridized carbons (Fsp3) is 0.946. The molecule has 6 atom stereocenters. The Labute approximate surface area is 568 Å². The van der Waals surface area contributed by atoms with Crippen molar-refractivity contribution in [3.8, 4) is 0 Å². The standard InChI is InChI=1S/C74H144O17P2/c1-7-10-12-14-16-18-19-20-26-29-32-39-45-51-57-72(77)85-63-70(90-73(78)58-52-46-40-33-30-27-24-22-21-23-25-28-31-36-42-48-54-66(4)5)65-89-93(82,83)87-61-68(75)60-86-92(80,81)88-64-69(62-84-71(76)56-50-44-38-17-15-13-11-8-2)91-74(79)59-53-47-41-35-34-37-43-49-55-67(6)9-3/h66-70,75H,7-65H2,1-6H3,(H,80,81)(H,82,83)/t67?,68-,69+,70+/m0/s1. The van der Waals surface area contributed by atoms with Crippen LogP contribution in [0.1, 0.15) is 382 Å². The van der Waals surface area contributed by atoms with E-state index >= 15 is 0 Å². The maximum atomic E-state index is 13.1. The number of esters is 4. The smallest absolute Gasteiger partial charge is 0.462 e. The van der Waals surface area contributed by atoms with Crippen LogP contribution in [0.4, 0.5) is 0 Å². The molecular formula is C74H144O17P2. The van der Waals surface area contributed by atoms with Gasteiger partial charge in [0.05, 0.1) is 26.4 Å². The maximum absolute atomic E-state index is 13.1. The lowest BCUT2D eigenvalue weighted by Gasteiger charge is -2.21. The molecule has 0 aliphatic carbocycles. The van der Waals surface area contributed by atoms with Gasteiger partial charge in [-0.3, -0.25) is 37.3 Å². The Bertz CT molecular complexity index is 1810. The Hall–Kier alpha value is -1.94. The number of ether oxygens (including phenoxy) is 4. The fourth-order valence-electron chi connectivity index (χ4n) is 11.3. The second kappa shape index (κ2) is 66.0. The quantitative estimate of drug-likeness (QED) is 0.0222. The summed E-state index contributed by atoms with van der Waals surface area (Å²) in [4.78, 5) is 72.6. The number of phosphoric acid groups is 2. The Balaban J connectivity index is 5.21. The van der Waals surface area contributed by atoms with E-state index in [9.17, 15) is 43.2 Å². The van der Waals surface area contributed by atoms with Crippen molar-refractivity contribution in [2.75, 3.05) is 39.6 Å². The van der Waals surface area contributed by atoms with Crippen LogP contribution >= 0.6 is 15.6 Å². The summed E-state index contributed by atoms with van der Waals surface area (Å²) in [6, 6.07) is 0. The zero-order chi connectivity index (χ0) is 68.6. The van der Waals surface area contributed by atoms with Gasteiger partial charge in [0, 0.05) is 25.7 Å². The van der Waals surface area contributed by atoms with Crippen LogP contribution in [0.2, 0.25) is 0 Å². The highest BCUT2D eigenvalue weighted by molar-refractivity contribution is 7.47. The molecule has 0 saturated carbocycles. The van der Waals surface area contributed by atoms with Crippen LogP contribution in [-0.4, -0.2) is 96.7 Å². The molecule has 0 aliphatic heterocycles. The molecule has 0 radical (unpaired) electrons. The van der Waals surface area contributed by atoms with Gasteiger partial charge in [0.25, 0.3) is 0 Å². The third-order valence-electron chi connectivity index (χ3n) is 17.6. The zero-order valence-electron chi connectivity index (χ0n) is 60.6. The summed E-state index contributed by atoms with van der Waals surface area (Å²) in [5, 5.41) is 10.6. The molecule has 0 aromatic carbocycles. The first-order chi connectivity index (χ1) is 44.9. The number of rotatable bonds is 73. The fourth-order valence-corrected chi connectivity index (χ4v) is 12.8. The molecule has 0 amide bonds. The second-order valence-electron chi connectivity index (χ2n) is 27.4. The first kappa shape index (κ1) is 91.1. The van der Waals surface area contributed by atoms with Gasteiger partial charge < -0.3 is 33.8 Å². The molecule has 17 nitrogen and oxygen atoms in total. The number of carbonyl (C=O) groups is 4. The van der Waals surface area contributed by atoms with Crippen LogP contribution in [-0.2, 0) is 65.4 Å². The predicted octanol–water partition coefficient (Wildman–Crippen LogP) is 21.6. The third-order valence-corrected chi connectivity index (χ3v) is 19.5. The van der Waals surface area contributed by atoms with Gasteiger partial charge in [-0.2, -0.15) is 0 Å². The van der Waals surface area contributed by atoms with E-state index in [0.29, 0.717) is 25.7 Å². The van der Waals surface area contributed by atoms with Crippen LogP contribution in [0.3, 0.4) is 0 Å². The molecule has 19 heteroatoms. The number of hydrogen-bond donors (Lipinski definition) is 3. The molecule has 0 heterocycles. The van der Waals surface area contributed by atoms with Crippen LogP contribution in [0, 0.1) is 11.8 Å². The van der Waals surface area contributed by atoms with Gasteiger partial charge in [-0.25, -0.2) is 9.13 Å². The average Bonchev–Trinajstić information content (AvgIpc) is 2.22. The van der Waals surface area contributed by atoms with E-state index in [0.717, 1.165) is 108 Å². The molecule has 3 N–H and O–H groups in total. The maximum Gasteiger partial charge on any atom is 0.472 e. The van der Waals surface area contributed by atoms with Gasteiger partial charge in [0.2, 0.25) is 0 Å². The first-order valence-corrected chi connectivity index (χ1v) is 41.5. The van der Waals surface area contributed by atoms with E-state index in [1.165, 1.54) is 193 Å². The van der Waals surface area contributed by atoms with Crippen LogP contribution < -0.4 is 0 Å². The minimum Gasteiger partial charge on any atom is -0.462 e. The molecule has 0 saturated heterocycles. The summed E-state index contributed by atoms with van der Waals surface area (Å²) < 4.78 is 68.4. The van der Waals surface area contributed by atoms with Crippen molar-refractivity contribution < 1.29 is 80.2 Å². The average molecular weight is 1370 g/mol. The third kappa shape index (κ3) is 67.0. The number of phosphoric ester groups is 2. The van der Waals surface area contributed by atoms with Gasteiger partial charge in [-0.05, 0) is 37.5 Å². The van der Waals surface area contributed by atoms with Crippen molar-refractivity contribution in [2.24, 2.45) is 11.8 Å². The van der Waals surface area contributed by atoms with Crippen molar-refractivity contribution in [3.63, 3.8) is 0 Å². The van der Waals surface area contributed by atoms with E-state index in [4.69, 9.17) is 37.0 Å². The Morgan fingerprint density at radius 3 is 0.817 bits per heavy atom. The topological polar surface area (TPSA) is 237 Å². The summed E-state index contributed by atoms with van der Waals surface area (Å²) in [6.45, 7) is 9.58. The monoisotopic (exact) mass is 1370 g/mol. The normalized spacial score (nSPS) is 14.3. The highest BCUT2D eigenvalue weighted by atomic mass is 31.2. The highest BCUT2D eigenvalue weighted by Crippen LogP contribution is 2.45. The number of carbonyl (C=O) groups excluding carboxylic acids is 4. The van der Waals surface area contributed by atoms with Crippen molar-refractivity contribution in [1.29, 1.82) is 0 Å². The SMILES string of the molecule is CCCCCCCCCCCCCCCCC(=O)OC[C@H](COP(=O)(O)OC[C@@H](O)COP(=O)(O)OC[C@@H](COC(=O)CCCCCCCCCC)OC(=O)CCCCCCCCCCC(C)CC)OC(=O)CCCCCCCCCCCCCCCCCCC(C)C. The molecule has 0 spiro atoms. The van der Waals surface area contributed by atoms with Crippen LogP contribution in [0.15, 0.2) is 0 Å². The van der Waals surface area contributed by atoms with Crippen molar-refractivity contribution >= 4 is 39.5 Å². The number of unbranched alkanes of at least 4 members (excludes halogenated alkanes) is 42. The Morgan fingerprint density at radius 1 is 0.312 bits per heavy atom. The van der Waals surface area contributed by atoms with E-state index < -0.39 is 97.5 Å². The van der Waals surface area contributed by atoms with E-state index in [1.54, 1.807) is 0 Å². The number of hydrogen-bond acceptors (Lipinski definition) is 15. The Kier molecular flexibility index (Phi) is 64.6. The predicted molar refractivity (Wildman–Crippen MR) is 377 cm³/mol. The summed E-state index contributed by atoms with van der Waals surface area (Å²) in [5.41, 5.74) is 0. The molecule has 0 aromatic rings. The molecule has 93 heavy (non-hydrogen) atoms. The van der Waals surface area contributed by atoms with Crippen LogP contribution in [0.5, 0.6) is 0 Å².